The first-order valence-electron chi connectivity index (χ1n) is 7.43. The largest absolute Gasteiger partial charge is 0.463 e. The number of benzene rings is 1. The lowest BCUT2D eigenvalue weighted by molar-refractivity contribution is -0.891. The molecule has 1 aromatic carbocycles. The molecule has 4 nitrogen and oxygen atoms in total. The maximum Gasteiger partial charge on any atom is 0.171 e. The van der Waals surface area contributed by atoms with Gasteiger partial charge >= 0.3 is 0 Å². The van der Waals surface area contributed by atoms with Gasteiger partial charge in [-0.3, -0.25) is 0 Å². The first-order chi connectivity index (χ1) is 10.5. The summed E-state index contributed by atoms with van der Waals surface area (Å²) in [6.45, 7) is 4.86. The van der Waals surface area contributed by atoms with Gasteiger partial charge in [-0.2, -0.15) is 0 Å². The SMILES string of the molecule is Cc1ccc(C)c(NC(=S)NC[C@H](c2ccco2)[NH+](C)C)c1. The van der Waals surface area contributed by atoms with Crippen LogP contribution >= 0.6 is 12.2 Å². The number of anilines is 1. The van der Waals surface area contributed by atoms with Crippen LogP contribution in [0.5, 0.6) is 0 Å². The zero-order chi connectivity index (χ0) is 16.1. The molecule has 0 aliphatic carbocycles. The lowest BCUT2D eigenvalue weighted by Crippen LogP contribution is -3.07. The van der Waals surface area contributed by atoms with Gasteiger partial charge in [0.15, 0.2) is 16.9 Å². The summed E-state index contributed by atoms with van der Waals surface area (Å²) in [5, 5.41) is 7.19. The van der Waals surface area contributed by atoms with Crippen LogP contribution in [0.1, 0.15) is 22.9 Å². The summed E-state index contributed by atoms with van der Waals surface area (Å²) in [5.41, 5.74) is 3.43. The van der Waals surface area contributed by atoms with E-state index in [0.717, 1.165) is 11.4 Å². The number of rotatable bonds is 5. The third-order valence-electron chi connectivity index (χ3n) is 3.69. The van der Waals surface area contributed by atoms with E-state index in [9.17, 15) is 0 Å². The first-order valence-corrected chi connectivity index (χ1v) is 7.83. The molecule has 0 fully saturated rings. The van der Waals surface area contributed by atoms with Gasteiger partial charge in [0.1, 0.15) is 0 Å². The molecule has 5 heteroatoms. The van der Waals surface area contributed by atoms with Gasteiger partial charge in [-0.1, -0.05) is 12.1 Å². The highest BCUT2D eigenvalue weighted by Gasteiger charge is 2.20. The third kappa shape index (κ3) is 4.32. The van der Waals surface area contributed by atoms with Gasteiger partial charge < -0.3 is 20.0 Å². The Labute approximate surface area is 137 Å². The van der Waals surface area contributed by atoms with E-state index in [1.165, 1.54) is 16.0 Å². The molecule has 0 aliphatic rings. The molecule has 22 heavy (non-hydrogen) atoms. The van der Waals surface area contributed by atoms with Crippen LogP contribution in [0.3, 0.4) is 0 Å². The van der Waals surface area contributed by atoms with Crippen molar-refractivity contribution in [2.75, 3.05) is 26.0 Å². The number of hydrogen-bond donors (Lipinski definition) is 3. The van der Waals surface area contributed by atoms with Crippen molar-refractivity contribution in [2.24, 2.45) is 0 Å². The number of aryl methyl sites for hydroxylation is 2. The summed E-state index contributed by atoms with van der Waals surface area (Å²) < 4.78 is 5.52. The van der Waals surface area contributed by atoms with Crippen molar-refractivity contribution >= 4 is 23.0 Å². The Morgan fingerprint density at radius 2 is 2.05 bits per heavy atom. The number of furan rings is 1. The molecule has 0 amide bonds. The van der Waals surface area contributed by atoms with Crippen LogP contribution in [0, 0.1) is 13.8 Å². The molecule has 0 saturated carbocycles. The quantitative estimate of drug-likeness (QED) is 0.738. The minimum absolute atomic E-state index is 0.216. The van der Waals surface area contributed by atoms with Gasteiger partial charge in [-0.05, 0) is 55.4 Å². The Morgan fingerprint density at radius 3 is 2.68 bits per heavy atom. The summed E-state index contributed by atoms with van der Waals surface area (Å²) in [5.74, 6) is 0.960. The number of hydrogen-bond acceptors (Lipinski definition) is 2. The van der Waals surface area contributed by atoms with Gasteiger partial charge in [0.2, 0.25) is 0 Å². The highest BCUT2D eigenvalue weighted by Crippen LogP contribution is 2.16. The lowest BCUT2D eigenvalue weighted by atomic mass is 10.1. The molecule has 2 aromatic rings. The van der Waals surface area contributed by atoms with Crippen molar-refractivity contribution in [2.45, 2.75) is 19.9 Å². The second kappa shape index (κ2) is 7.42. The van der Waals surface area contributed by atoms with E-state index in [4.69, 9.17) is 16.6 Å². The van der Waals surface area contributed by atoms with Crippen molar-refractivity contribution in [3.8, 4) is 0 Å². The molecule has 3 N–H and O–H groups in total. The Balaban J connectivity index is 1.95. The molecule has 2 rings (SSSR count). The van der Waals surface area contributed by atoms with Crippen LogP contribution in [0.15, 0.2) is 41.0 Å². The fourth-order valence-corrected chi connectivity index (χ4v) is 2.50. The molecule has 0 bridgehead atoms. The van der Waals surface area contributed by atoms with E-state index in [1.54, 1.807) is 6.26 Å². The fraction of sp³-hybridized carbons (Fsp3) is 0.353. The summed E-state index contributed by atoms with van der Waals surface area (Å²) in [6, 6.07) is 10.4. The number of thiocarbonyl (C=S) groups is 1. The molecule has 0 unspecified atom stereocenters. The molecule has 0 spiro atoms. The van der Waals surface area contributed by atoms with E-state index in [2.05, 4.69) is 56.8 Å². The summed E-state index contributed by atoms with van der Waals surface area (Å²) in [6.07, 6.45) is 1.71. The molecule has 0 radical (unpaired) electrons. The standard InChI is InChI=1S/C17H23N3OS/c1-12-7-8-13(2)14(10-12)19-17(22)18-11-15(20(3)4)16-6-5-9-21-16/h5-10,15H,11H2,1-4H3,(H2,18,19,22)/p+1/t15-/m1/s1. The predicted molar refractivity (Wildman–Crippen MR) is 94.4 cm³/mol. The van der Waals surface area contributed by atoms with E-state index in [1.807, 2.05) is 12.1 Å². The maximum atomic E-state index is 5.52. The highest BCUT2D eigenvalue weighted by atomic mass is 32.1. The van der Waals surface area contributed by atoms with Gasteiger partial charge in [-0.25, -0.2) is 0 Å². The highest BCUT2D eigenvalue weighted by molar-refractivity contribution is 7.80. The fourth-order valence-electron chi connectivity index (χ4n) is 2.31. The minimum Gasteiger partial charge on any atom is -0.463 e. The monoisotopic (exact) mass is 318 g/mol. The van der Waals surface area contributed by atoms with Gasteiger partial charge in [0.25, 0.3) is 0 Å². The molecule has 1 aromatic heterocycles. The van der Waals surface area contributed by atoms with Crippen molar-refractivity contribution in [3.63, 3.8) is 0 Å². The second-order valence-corrected chi connectivity index (χ2v) is 6.21. The summed E-state index contributed by atoms with van der Waals surface area (Å²) >= 11 is 5.41. The van der Waals surface area contributed by atoms with Crippen LogP contribution in [0.25, 0.3) is 0 Å². The van der Waals surface area contributed by atoms with Crippen molar-refractivity contribution in [1.82, 2.24) is 5.32 Å². The number of quaternary nitrogens is 1. The van der Waals surface area contributed by atoms with Gasteiger partial charge in [0.05, 0.1) is 26.9 Å². The zero-order valence-corrected chi connectivity index (χ0v) is 14.4. The minimum atomic E-state index is 0.216. The van der Waals surface area contributed by atoms with E-state index in [-0.39, 0.29) is 6.04 Å². The first kappa shape index (κ1) is 16.5. The van der Waals surface area contributed by atoms with E-state index >= 15 is 0 Å². The molecule has 1 atom stereocenters. The van der Waals surface area contributed by atoms with Crippen molar-refractivity contribution < 1.29 is 9.32 Å². The Hall–Kier alpha value is -1.85. The van der Waals surface area contributed by atoms with Crippen LogP contribution in [0.2, 0.25) is 0 Å². The smallest absolute Gasteiger partial charge is 0.171 e. The van der Waals surface area contributed by atoms with Crippen LogP contribution in [0.4, 0.5) is 5.69 Å². The molecular formula is C17H24N3OS+. The average molecular weight is 318 g/mol. The molecule has 0 aliphatic heterocycles. The topological polar surface area (TPSA) is 41.6 Å². The molecule has 118 valence electrons. The van der Waals surface area contributed by atoms with Crippen LogP contribution < -0.4 is 15.5 Å². The average Bonchev–Trinajstić information content (AvgIpc) is 2.96. The van der Waals surface area contributed by atoms with E-state index < -0.39 is 0 Å². The zero-order valence-electron chi connectivity index (χ0n) is 13.6. The van der Waals surface area contributed by atoms with Crippen molar-refractivity contribution in [1.29, 1.82) is 0 Å². The third-order valence-corrected chi connectivity index (χ3v) is 3.94. The number of nitrogens with one attached hydrogen (secondary N) is 3. The van der Waals surface area contributed by atoms with Crippen LogP contribution in [-0.4, -0.2) is 25.8 Å². The Bertz CT molecular complexity index is 623. The summed E-state index contributed by atoms with van der Waals surface area (Å²) in [7, 11) is 4.21. The Morgan fingerprint density at radius 1 is 1.27 bits per heavy atom. The van der Waals surface area contributed by atoms with Crippen LogP contribution in [-0.2, 0) is 0 Å². The van der Waals surface area contributed by atoms with Gasteiger partial charge in [-0.15, -0.1) is 0 Å². The van der Waals surface area contributed by atoms with Gasteiger partial charge in [0, 0.05) is 5.69 Å². The lowest BCUT2D eigenvalue weighted by Gasteiger charge is -2.21. The van der Waals surface area contributed by atoms with Crippen molar-refractivity contribution in [3.05, 3.63) is 53.5 Å². The Kier molecular flexibility index (Phi) is 5.57. The normalized spacial score (nSPS) is 12.2. The molecule has 1 heterocycles. The number of likely N-dealkylation sites (N-methyl/N-ethyl adjacent to an activating group) is 1. The molecule has 0 saturated heterocycles. The second-order valence-electron chi connectivity index (χ2n) is 5.80. The summed E-state index contributed by atoms with van der Waals surface area (Å²) in [4.78, 5) is 1.29. The molecular weight excluding hydrogens is 294 g/mol. The van der Waals surface area contributed by atoms with E-state index in [0.29, 0.717) is 11.7 Å². The maximum absolute atomic E-state index is 5.52. The predicted octanol–water partition coefficient (Wildman–Crippen LogP) is 2.07.